The second-order valence-corrected chi connectivity index (χ2v) is 7.65. The first kappa shape index (κ1) is 17.1. The van der Waals surface area contributed by atoms with Crippen molar-refractivity contribution in [2.45, 2.75) is 63.5 Å². The van der Waals surface area contributed by atoms with Crippen LogP contribution in [0.1, 0.15) is 51.0 Å². The molecule has 1 aliphatic carbocycles. The standard InChI is InChI=1S/C20H25N3O3/c1-14(17(24)22-13-7-9-15-8-3-4-10-16(15)22)23-18(25)20(21-19(23)26)11-5-2-6-12-20/h3-4,8,10,14H,2,5-7,9,11-13H2,1H3,(H,21,26)/t14-/m0/s1. The van der Waals surface area contributed by atoms with Crippen LogP contribution < -0.4 is 10.2 Å². The lowest BCUT2D eigenvalue weighted by atomic mass is 9.81. The normalized spacial score (nSPS) is 23.0. The second kappa shape index (κ2) is 6.41. The monoisotopic (exact) mass is 355 g/mol. The number of benzene rings is 1. The van der Waals surface area contributed by atoms with Gasteiger partial charge >= 0.3 is 6.03 Å². The van der Waals surface area contributed by atoms with Crippen molar-refractivity contribution in [1.82, 2.24) is 10.2 Å². The molecule has 1 N–H and O–H groups in total. The molecule has 2 heterocycles. The van der Waals surface area contributed by atoms with Crippen molar-refractivity contribution in [3.8, 4) is 0 Å². The molecule has 1 saturated heterocycles. The van der Waals surface area contributed by atoms with Crippen molar-refractivity contribution < 1.29 is 14.4 Å². The maximum absolute atomic E-state index is 13.2. The third-order valence-corrected chi connectivity index (χ3v) is 6.02. The minimum Gasteiger partial charge on any atom is -0.323 e. The number of carbonyl (C=O) groups excluding carboxylic acids is 3. The second-order valence-electron chi connectivity index (χ2n) is 7.65. The fourth-order valence-corrected chi connectivity index (χ4v) is 4.59. The number of fused-ring (bicyclic) bond motifs is 1. The minimum absolute atomic E-state index is 0.187. The van der Waals surface area contributed by atoms with Gasteiger partial charge in [0.2, 0.25) is 5.91 Å². The van der Waals surface area contributed by atoms with Gasteiger partial charge in [-0.3, -0.25) is 9.59 Å². The Morgan fingerprint density at radius 1 is 1.12 bits per heavy atom. The summed E-state index contributed by atoms with van der Waals surface area (Å²) in [5, 5.41) is 2.89. The van der Waals surface area contributed by atoms with Crippen LogP contribution >= 0.6 is 0 Å². The van der Waals surface area contributed by atoms with Gasteiger partial charge in [0.25, 0.3) is 5.91 Å². The number of hydrogen-bond acceptors (Lipinski definition) is 3. The molecular weight excluding hydrogens is 330 g/mol. The summed E-state index contributed by atoms with van der Waals surface area (Å²) >= 11 is 0. The van der Waals surface area contributed by atoms with Crippen molar-refractivity contribution in [3.63, 3.8) is 0 Å². The van der Waals surface area contributed by atoms with E-state index in [1.807, 2.05) is 24.3 Å². The SMILES string of the molecule is C[C@@H](C(=O)N1CCCc2ccccc21)N1C(=O)NC2(CCCCC2)C1=O. The molecule has 4 rings (SSSR count). The van der Waals surface area contributed by atoms with Gasteiger partial charge in [-0.2, -0.15) is 0 Å². The topological polar surface area (TPSA) is 69.7 Å². The Labute approximate surface area is 153 Å². The summed E-state index contributed by atoms with van der Waals surface area (Å²) in [7, 11) is 0. The van der Waals surface area contributed by atoms with Gasteiger partial charge in [-0.1, -0.05) is 37.5 Å². The number of para-hydroxylation sites is 1. The summed E-state index contributed by atoms with van der Waals surface area (Å²) in [4.78, 5) is 41.6. The number of nitrogens with zero attached hydrogens (tertiary/aromatic N) is 2. The first-order chi connectivity index (χ1) is 12.5. The van der Waals surface area contributed by atoms with Crippen LogP contribution in [-0.4, -0.2) is 40.9 Å². The molecule has 3 aliphatic rings. The van der Waals surface area contributed by atoms with Crippen LogP contribution in [-0.2, 0) is 16.0 Å². The summed E-state index contributed by atoms with van der Waals surface area (Å²) < 4.78 is 0. The minimum atomic E-state index is -0.796. The molecule has 1 aromatic carbocycles. The van der Waals surface area contributed by atoms with Crippen LogP contribution in [0.25, 0.3) is 0 Å². The Morgan fingerprint density at radius 2 is 1.85 bits per heavy atom. The molecule has 1 saturated carbocycles. The molecule has 1 spiro atoms. The Balaban J connectivity index is 1.58. The zero-order valence-electron chi connectivity index (χ0n) is 15.2. The largest absolute Gasteiger partial charge is 0.325 e. The molecule has 6 nitrogen and oxygen atoms in total. The van der Waals surface area contributed by atoms with Crippen molar-refractivity contribution in [2.75, 3.05) is 11.4 Å². The van der Waals surface area contributed by atoms with Crippen LogP contribution in [0.15, 0.2) is 24.3 Å². The lowest BCUT2D eigenvalue weighted by molar-refractivity contribution is -0.137. The maximum Gasteiger partial charge on any atom is 0.325 e. The molecule has 2 fully saturated rings. The number of amides is 4. The predicted molar refractivity (Wildman–Crippen MR) is 97.8 cm³/mol. The molecule has 1 atom stereocenters. The van der Waals surface area contributed by atoms with Crippen LogP contribution in [0.4, 0.5) is 10.5 Å². The Hall–Kier alpha value is -2.37. The highest BCUT2D eigenvalue weighted by atomic mass is 16.2. The van der Waals surface area contributed by atoms with Gasteiger partial charge in [0, 0.05) is 12.2 Å². The van der Waals surface area contributed by atoms with E-state index in [2.05, 4.69) is 5.32 Å². The fourth-order valence-electron chi connectivity index (χ4n) is 4.59. The van der Waals surface area contributed by atoms with Gasteiger partial charge in [0.15, 0.2) is 0 Å². The van der Waals surface area contributed by atoms with E-state index in [1.54, 1.807) is 11.8 Å². The van der Waals surface area contributed by atoms with Gasteiger partial charge in [0.05, 0.1) is 0 Å². The smallest absolute Gasteiger partial charge is 0.323 e. The summed E-state index contributed by atoms with van der Waals surface area (Å²) in [6, 6.07) is 6.64. The summed E-state index contributed by atoms with van der Waals surface area (Å²) in [5.74, 6) is -0.415. The average molecular weight is 355 g/mol. The van der Waals surface area contributed by atoms with Crippen molar-refractivity contribution in [1.29, 1.82) is 0 Å². The van der Waals surface area contributed by atoms with Gasteiger partial charge in [-0.05, 0) is 44.2 Å². The number of rotatable bonds is 2. The lowest BCUT2D eigenvalue weighted by Gasteiger charge is -2.34. The first-order valence-corrected chi connectivity index (χ1v) is 9.59. The highest BCUT2D eigenvalue weighted by Gasteiger charge is 2.54. The van der Waals surface area contributed by atoms with E-state index in [0.29, 0.717) is 19.4 Å². The molecule has 0 radical (unpaired) electrons. The van der Waals surface area contributed by atoms with Crippen molar-refractivity contribution >= 4 is 23.5 Å². The number of aryl methyl sites for hydroxylation is 1. The first-order valence-electron chi connectivity index (χ1n) is 9.59. The molecular formula is C20H25N3O3. The number of urea groups is 1. The van der Waals surface area contributed by atoms with E-state index in [4.69, 9.17) is 0 Å². The van der Waals surface area contributed by atoms with Gasteiger partial charge in [-0.15, -0.1) is 0 Å². The fraction of sp³-hybridized carbons (Fsp3) is 0.550. The molecule has 4 amide bonds. The highest BCUT2D eigenvalue weighted by molar-refractivity contribution is 6.11. The van der Waals surface area contributed by atoms with E-state index in [1.165, 1.54) is 0 Å². The van der Waals surface area contributed by atoms with Crippen molar-refractivity contribution in [3.05, 3.63) is 29.8 Å². The van der Waals surface area contributed by atoms with Gasteiger partial charge in [0.1, 0.15) is 11.6 Å². The molecule has 2 aliphatic heterocycles. The van der Waals surface area contributed by atoms with Crippen LogP contribution in [0.3, 0.4) is 0 Å². The molecule has 6 heteroatoms. The number of hydrogen-bond donors (Lipinski definition) is 1. The Morgan fingerprint density at radius 3 is 2.62 bits per heavy atom. The molecule has 26 heavy (non-hydrogen) atoms. The van der Waals surface area contributed by atoms with Crippen molar-refractivity contribution in [2.24, 2.45) is 0 Å². The van der Waals surface area contributed by atoms with Crippen LogP contribution in [0, 0.1) is 0 Å². The lowest BCUT2D eigenvalue weighted by Crippen LogP contribution is -2.53. The summed E-state index contributed by atoms with van der Waals surface area (Å²) in [6.45, 7) is 2.29. The van der Waals surface area contributed by atoms with E-state index < -0.39 is 17.6 Å². The van der Waals surface area contributed by atoms with E-state index in [-0.39, 0.29) is 11.8 Å². The molecule has 1 aromatic rings. The number of nitrogens with one attached hydrogen (secondary N) is 1. The molecule has 0 unspecified atom stereocenters. The highest BCUT2D eigenvalue weighted by Crippen LogP contribution is 2.35. The zero-order chi connectivity index (χ0) is 18.3. The number of anilines is 1. The van der Waals surface area contributed by atoms with E-state index >= 15 is 0 Å². The summed E-state index contributed by atoms with van der Waals surface area (Å²) in [6.07, 6.45) is 6.12. The zero-order valence-corrected chi connectivity index (χ0v) is 15.2. The van der Waals surface area contributed by atoms with E-state index in [0.717, 1.165) is 48.3 Å². The third kappa shape index (κ3) is 2.59. The van der Waals surface area contributed by atoms with Crippen LogP contribution in [0.2, 0.25) is 0 Å². The molecule has 0 bridgehead atoms. The third-order valence-electron chi connectivity index (χ3n) is 6.02. The molecule has 138 valence electrons. The number of carbonyl (C=O) groups is 3. The maximum atomic E-state index is 13.2. The van der Waals surface area contributed by atoms with Gasteiger partial charge in [-0.25, -0.2) is 9.69 Å². The quantitative estimate of drug-likeness (QED) is 0.829. The van der Waals surface area contributed by atoms with Crippen LogP contribution in [0.5, 0.6) is 0 Å². The predicted octanol–water partition coefficient (Wildman–Crippen LogP) is 2.61. The van der Waals surface area contributed by atoms with E-state index in [9.17, 15) is 14.4 Å². The number of imide groups is 1. The van der Waals surface area contributed by atoms with Gasteiger partial charge < -0.3 is 10.2 Å². The summed E-state index contributed by atoms with van der Waals surface area (Å²) in [5.41, 5.74) is 1.25. The Kier molecular flexibility index (Phi) is 4.21. The molecule has 0 aromatic heterocycles. The Bertz CT molecular complexity index is 754. The average Bonchev–Trinajstić information content (AvgIpc) is 2.90.